The highest BCUT2D eigenvalue weighted by Gasteiger charge is 2.23. The highest BCUT2D eigenvalue weighted by atomic mass is 32.2. The van der Waals surface area contributed by atoms with Gasteiger partial charge >= 0.3 is 0 Å². The van der Waals surface area contributed by atoms with E-state index in [0.29, 0.717) is 24.7 Å². The lowest BCUT2D eigenvalue weighted by atomic mass is 10.1. The number of aromatic nitrogens is 3. The Morgan fingerprint density at radius 2 is 2.28 bits per heavy atom. The SMILES string of the molecule is Fc1cc2c(c(CSc3nnc(-c4cccs4)n3CC3CCCO3)c1)OCOC2. The molecule has 0 aliphatic carbocycles. The Kier molecular flexibility index (Phi) is 5.54. The van der Waals surface area contributed by atoms with E-state index < -0.39 is 0 Å². The van der Waals surface area contributed by atoms with Crippen LogP contribution in [0.2, 0.25) is 0 Å². The van der Waals surface area contributed by atoms with Crippen LogP contribution < -0.4 is 4.74 Å². The minimum absolute atomic E-state index is 0.173. The van der Waals surface area contributed by atoms with Gasteiger partial charge < -0.3 is 14.2 Å². The average Bonchev–Trinajstić information content (AvgIpc) is 3.49. The summed E-state index contributed by atoms with van der Waals surface area (Å²) in [5, 5.41) is 11.7. The third-order valence-corrected chi connectivity index (χ3v) is 6.86. The molecular formula is C20H20FN3O3S2. The second-order valence-corrected chi connectivity index (χ2v) is 8.87. The van der Waals surface area contributed by atoms with E-state index in [0.717, 1.165) is 46.4 Å². The van der Waals surface area contributed by atoms with Crippen LogP contribution in [-0.4, -0.2) is 34.3 Å². The highest BCUT2D eigenvalue weighted by Crippen LogP contribution is 2.35. The predicted molar refractivity (Wildman–Crippen MR) is 109 cm³/mol. The maximum absolute atomic E-state index is 14.1. The number of benzene rings is 1. The van der Waals surface area contributed by atoms with Gasteiger partial charge in [0.15, 0.2) is 17.8 Å². The van der Waals surface area contributed by atoms with Crippen LogP contribution >= 0.6 is 23.1 Å². The van der Waals surface area contributed by atoms with Crippen molar-refractivity contribution in [2.24, 2.45) is 0 Å². The number of rotatable bonds is 6. The van der Waals surface area contributed by atoms with Crippen LogP contribution in [0, 0.1) is 5.82 Å². The fourth-order valence-electron chi connectivity index (χ4n) is 3.65. The average molecular weight is 434 g/mol. The standard InChI is InChI=1S/C20H20FN3O3S2/c21-15-7-13-10-25-12-27-18(13)14(8-15)11-29-20-23-22-19(17-4-2-6-28-17)24(20)9-16-3-1-5-26-16/h2,4,6-8,16H,1,3,5,9-12H2. The van der Waals surface area contributed by atoms with E-state index in [1.54, 1.807) is 11.3 Å². The normalized spacial score (nSPS) is 18.6. The Bertz CT molecular complexity index is 987. The summed E-state index contributed by atoms with van der Waals surface area (Å²) in [6.07, 6.45) is 2.29. The van der Waals surface area contributed by atoms with Crippen molar-refractivity contribution in [3.8, 4) is 16.5 Å². The second-order valence-electron chi connectivity index (χ2n) is 6.98. The van der Waals surface area contributed by atoms with Crippen molar-refractivity contribution < 1.29 is 18.6 Å². The first-order valence-electron chi connectivity index (χ1n) is 9.51. The number of hydrogen-bond acceptors (Lipinski definition) is 7. The van der Waals surface area contributed by atoms with Crippen molar-refractivity contribution in [3.63, 3.8) is 0 Å². The molecule has 0 amide bonds. The van der Waals surface area contributed by atoms with Crippen LogP contribution in [0.3, 0.4) is 0 Å². The molecule has 0 bridgehead atoms. The highest BCUT2D eigenvalue weighted by molar-refractivity contribution is 7.98. The minimum Gasteiger partial charge on any atom is -0.467 e. The van der Waals surface area contributed by atoms with Crippen molar-refractivity contribution >= 4 is 23.1 Å². The molecule has 29 heavy (non-hydrogen) atoms. The van der Waals surface area contributed by atoms with Crippen LogP contribution in [0.1, 0.15) is 24.0 Å². The molecule has 1 saturated heterocycles. The third kappa shape index (κ3) is 4.05. The monoisotopic (exact) mass is 433 g/mol. The Balaban J connectivity index is 1.42. The van der Waals surface area contributed by atoms with Crippen molar-refractivity contribution in [3.05, 3.63) is 46.6 Å². The zero-order valence-electron chi connectivity index (χ0n) is 15.7. The largest absolute Gasteiger partial charge is 0.467 e. The molecule has 152 valence electrons. The molecule has 2 aliphatic heterocycles. The van der Waals surface area contributed by atoms with Crippen molar-refractivity contribution in [2.45, 2.75) is 43.0 Å². The molecule has 1 unspecified atom stereocenters. The summed E-state index contributed by atoms with van der Waals surface area (Å²) in [4.78, 5) is 1.07. The van der Waals surface area contributed by atoms with Gasteiger partial charge in [0.25, 0.3) is 0 Å². The molecule has 0 radical (unpaired) electrons. The lowest BCUT2D eigenvalue weighted by Crippen LogP contribution is -2.16. The first kappa shape index (κ1) is 19.0. The van der Waals surface area contributed by atoms with Gasteiger partial charge in [0.1, 0.15) is 11.6 Å². The number of thiophene rings is 1. The van der Waals surface area contributed by atoms with Gasteiger partial charge in [0, 0.05) is 23.5 Å². The Hall–Kier alpha value is -1.94. The number of nitrogens with zero attached hydrogens (tertiary/aromatic N) is 3. The van der Waals surface area contributed by atoms with Gasteiger partial charge in [-0.05, 0) is 36.4 Å². The van der Waals surface area contributed by atoms with Gasteiger partial charge in [-0.2, -0.15) is 0 Å². The van der Waals surface area contributed by atoms with Gasteiger partial charge in [-0.15, -0.1) is 21.5 Å². The molecular weight excluding hydrogens is 413 g/mol. The van der Waals surface area contributed by atoms with Gasteiger partial charge in [-0.1, -0.05) is 17.8 Å². The Morgan fingerprint density at radius 3 is 3.10 bits per heavy atom. The minimum atomic E-state index is -0.284. The van der Waals surface area contributed by atoms with Crippen LogP contribution in [0.4, 0.5) is 4.39 Å². The van der Waals surface area contributed by atoms with Crippen molar-refractivity contribution in [2.75, 3.05) is 13.4 Å². The molecule has 4 heterocycles. The van der Waals surface area contributed by atoms with E-state index in [9.17, 15) is 4.39 Å². The quantitative estimate of drug-likeness (QED) is 0.534. The lowest BCUT2D eigenvalue weighted by Gasteiger charge is -2.20. The number of fused-ring (bicyclic) bond motifs is 1. The smallest absolute Gasteiger partial charge is 0.191 e. The summed E-state index contributed by atoms with van der Waals surface area (Å²) in [5.41, 5.74) is 1.55. The maximum Gasteiger partial charge on any atom is 0.191 e. The third-order valence-electron chi connectivity index (χ3n) is 4.98. The second kappa shape index (κ2) is 8.43. The molecule has 9 heteroatoms. The van der Waals surface area contributed by atoms with E-state index in [1.807, 2.05) is 17.5 Å². The number of halogens is 1. The molecule has 2 aromatic heterocycles. The Morgan fingerprint density at radius 1 is 1.31 bits per heavy atom. The van der Waals surface area contributed by atoms with Crippen molar-refractivity contribution in [1.82, 2.24) is 14.8 Å². The molecule has 1 atom stereocenters. The van der Waals surface area contributed by atoms with Crippen LogP contribution in [0.25, 0.3) is 10.7 Å². The summed E-state index contributed by atoms with van der Waals surface area (Å²) < 4.78 is 32.9. The molecule has 6 nitrogen and oxygen atoms in total. The molecule has 0 spiro atoms. The number of thioether (sulfide) groups is 1. The maximum atomic E-state index is 14.1. The first-order chi connectivity index (χ1) is 14.3. The van der Waals surface area contributed by atoms with Gasteiger partial charge in [-0.25, -0.2) is 4.39 Å². The molecule has 1 aromatic carbocycles. The van der Waals surface area contributed by atoms with E-state index in [1.165, 1.54) is 23.9 Å². The van der Waals surface area contributed by atoms with Gasteiger partial charge in [0.2, 0.25) is 0 Å². The zero-order chi connectivity index (χ0) is 19.6. The summed E-state index contributed by atoms with van der Waals surface area (Å²) in [6.45, 7) is 2.07. The van der Waals surface area contributed by atoms with Crippen LogP contribution in [0.15, 0.2) is 34.8 Å². The fraction of sp³-hybridized carbons (Fsp3) is 0.400. The summed E-state index contributed by atoms with van der Waals surface area (Å²) in [5.74, 6) is 1.82. The molecule has 0 saturated carbocycles. The van der Waals surface area contributed by atoms with E-state index in [-0.39, 0.29) is 18.7 Å². The van der Waals surface area contributed by atoms with Gasteiger partial charge in [0.05, 0.1) is 24.1 Å². The Labute approximate surface area is 176 Å². The fourth-order valence-corrected chi connectivity index (χ4v) is 5.28. The van der Waals surface area contributed by atoms with Crippen LogP contribution in [-0.2, 0) is 28.4 Å². The number of ether oxygens (including phenoxy) is 3. The van der Waals surface area contributed by atoms with E-state index >= 15 is 0 Å². The summed E-state index contributed by atoms with van der Waals surface area (Å²) >= 11 is 3.17. The summed E-state index contributed by atoms with van der Waals surface area (Å²) in [7, 11) is 0. The zero-order valence-corrected chi connectivity index (χ0v) is 17.3. The molecule has 5 rings (SSSR count). The molecule has 3 aromatic rings. The molecule has 0 N–H and O–H groups in total. The lowest BCUT2D eigenvalue weighted by molar-refractivity contribution is -0.0171. The topological polar surface area (TPSA) is 58.4 Å². The molecule has 2 aliphatic rings. The predicted octanol–water partition coefficient (Wildman–Crippen LogP) is 4.48. The summed E-state index contributed by atoms with van der Waals surface area (Å²) in [6, 6.07) is 7.05. The van der Waals surface area contributed by atoms with Crippen molar-refractivity contribution in [1.29, 1.82) is 0 Å². The van der Waals surface area contributed by atoms with E-state index in [4.69, 9.17) is 14.2 Å². The van der Waals surface area contributed by atoms with E-state index in [2.05, 4.69) is 14.8 Å². The first-order valence-corrected chi connectivity index (χ1v) is 11.4. The number of hydrogen-bond donors (Lipinski definition) is 0. The van der Waals surface area contributed by atoms with Gasteiger partial charge in [-0.3, -0.25) is 4.57 Å². The molecule has 1 fully saturated rings. The van der Waals surface area contributed by atoms with Crippen LogP contribution in [0.5, 0.6) is 5.75 Å².